The van der Waals surface area contributed by atoms with Crippen molar-refractivity contribution in [2.75, 3.05) is 38.7 Å². The third kappa shape index (κ3) is 7.37. The van der Waals surface area contributed by atoms with E-state index in [4.69, 9.17) is 9.84 Å². The lowest BCUT2D eigenvalue weighted by molar-refractivity contribution is 0.0298. The normalized spacial score (nSPS) is 11.2. The van der Waals surface area contributed by atoms with E-state index in [9.17, 15) is 4.79 Å². The fourth-order valence-corrected chi connectivity index (χ4v) is 2.15. The van der Waals surface area contributed by atoms with Crippen molar-refractivity contribution in [2.45, 2.75) is 39.2 Å². The van der Waals surface area contributed by atoms with E-state index in [0.29, 0.717) is 13.0 Å². The molecule has 0 unspecified atom stereocenters. The Hall–Kier alpha value is -1.75. The molecule has 0 aliphatic carbocycles. The van der Waals surface area contributed by atoms with Crippen molar-refractivity contribution in [1.82, 2.24) is 4.90 Å². The summed E-state index contributed by atoms with van der Waals surface area (Å²) in [5.74, 6) is 0. The Labute approximate surface area is 139 Å². The molecule has 1 aromatic rings. The molecule has 0 saturated heterocycles. The number of carbonyl (C=O) groups is 1. The topological polar surface area (TPSA) is 53.0 Å². The second-order valence-corrected chi connectivity index (χ2v) is 6.82. The van der Waals surface area contributed by atoms with Crippen LogP contribution < -0.4 is 4.90 Å². The third-order valence-corrected chi connectivity index (χ3v) is 3.47. The molecule has 0 aromatic heterocycles. The summed E-state index contributed by atoms with van der Waals surface area (Å²) in [6, 6.07) is 8.19. The summed E-state index contributed by atoms with van der Waals surface area (Å²) < 4.78 is 5.33. The fourth-order valence-electron chi connectivity index (χ4n) is 2.15. The molecule has 1 aromatic carbocycles. The van der Waals surface area contributed by atoms with Gasteiger partial charge < -0.3 is 19.6 Å². The Morgan fingerprint density at radius 2 is 1.74 bits per heavy atom. The first-order valence-corrected chi connectivity index (χ1v) is 8.08. The molecular weight excluding hydrogens is 292 g/mol. The molecule has 5 heteroatoms. The second kappa shape index (κ2) is 8.77. The van der Waals surface area contributed by atoms with Crippen molar-refractivity contribution in [3.63, 3.8) is 0 Å². The summed E-state index contributed by atoms with van der Waals surface area (Å²) in [6.45, 7) is 7.29. The number of nitrogens with zero attached hydrogens (tertiary/aromatic N) is 2. The number of hydrogen-bond acceptors (Lipinski definition) is 4. The van der Waals surface area contributed by atoms with Gasteiger partial charge in [0.05, 0.1) is 0 Å². The molecule has 0 fully saturated rings. The van der Waals surface area contributed by atoms with Crippen LogP contribution in [-0.4, -0.2) is 55.5 Å². The molecule has 23 heavy (non-hydrogen) atoms. The van der Waals surface area contributed by atoms with E-state index in [0.717, 1.165) is 24.2 Å². The van der Waals surface area contributed by atoms with Crippen LogP contribution in [0.3, 0.4) is 0 Å². The molecule has 5 nitrogen and oxygen atoms in total. The highest BCUT2D eigenvalue weighted by atomic mass is 16.6. The zero-order valence-electron chi connectivity index (χ0n) is 15.0. The van der Waals surface area contributed by atoms with Gasteiger partial charge in [0.15, 0.2) is 0 Å². The summed E-state index contributed by atoms with van der Waals surface area (Å²) in [6.07, 6.45) is 1.27. The van der Waals surface area contributed by atoms with E-state index >= 15 is 0 Å². The minimum absolute atomic E-state index is 0.173. The molecular formula is C18H30N2O3. The predicted octanol–water partition coefficient (Wildman–Crippen LogP) is 2.91. The lowest BCUT2D eigenvalue weighted by atomic mass is 10.1. The summed E-state index contributed by atoms with van der Waals surface area (Å²) in [5, 5.41) is 8.93. The van der Waals surface area contributed by atoms with E-state index in [2.05, 4.69) is 17.0 Å². The van der Waals surface area contributed by atoms with Gasteiger partial charge in [-0.2, -0.15) is 0 Å². The van der Waals surface area contributed by atoms with Crippen molar-refractivity contribution >= 4 is 11.8 Å². The van der Waals surface area contributed by atoms with Crippen LogP contribution in [0.15, 0.2) is 24.3 Å². The SMILES string of the molecule is CN(CCCN(C)c1ccc(CCO)cc1)C(=O)OC(C)(C)C. The fraction of sp³-hybridized carbons (Fsp3) is 0.611. The smallest absolute Gasteiger partial charge is 0.410 e. The van der Waals surface area contributed by atoms with Gasteiger partial charge >= 0.3 is 6.09 Å². The van der Waals surface area contributed by atoms with Crippen molar-refractivity contribution in [1.29, 1.82) is 0 Å². The van der Waals surface area contributed by atoms with Crippen LogP contribution in [-0.2, 0) is 11.2 Å². The van der Waals surface area contributed by atoms with Crippen LogP contribution in [0, 0.1) is 0 Å². The van der Waals surface area contributed by atoms with Crippen LogP contribution in [0.1, 0.15) is 32.8 Å². The molecule has 0 atom stereocenters. The van der Waals surface area contributed by atoms with Crippen LogP contribution in [0.5, 0.6) is 0 Å². The van der Waals surface area contributed by atoms with Crippen LogP contribution in [0.2, 0.25) is 0 Å². The van der Waals surface area contributed by atoms with Gasteiger partial charge in [0, 0.05) is 39.5 Å². The number of rotatable bonds is 7. The number of anilines is 1. The van der Waals surface area contributed by atoms with Crippen molar-refractivity contribution < 1.29 is 14.6 Å². The van der Waals surface area contributed by atoms with E-state index in [-0.39, 0.29) is 12.7 Å². The number of ether oxygens (including phenoxy) is 1. The van der Waals surface area contributed by atoms with E-state index in [1.807, 2.05) is 40.0 Å². The second-order valence-electron chi connectivity index (χ2n) is 6.82. The first-order chi connectivity index (χ1) is 10.7. The molecule has 0 aliphatic heterocycles. The zero-order valence-corrected chi connectivity index (χ0v) is 15.0. The van der Waals surface area contributed by atoms with Gasteiger partial charge in [0.25, 0.3) is 0 Å². The van der Waals surface area contributed by atoms with E-state index < -0.39 is 5.60 Å². The highest BCUT2D eigenvalue weighted by molar-refractivity contribution is 5.67. The summed E-state index contributed by atoms with van der Waals surface area (Å²) in [4.78, 5) is 15.6. The van der Waals surface area contributed by atoms with Gasteiger partial charge in [-0.1, -0.05) is 12.1 Å². The predicted molar refractivity (Wildman–Crippen MR) is 94.0 cm³/mol. The minimum Gasteiger partial charge on any atom is -0.444 e. The highest BCUT2D eigenvalue weighted by Crippen LogP contribution is 2.15. The average molecular weight is 322 g/mol. The van der Waals surface area contributed by atoms with Crippen molar-refractivity contribution in [3.8, 4) is 0 Å². The minimum atomic E-state index is -0.460. The average Bonchev–Trinajstić information content (AvgIpc) is 2.46. The Bertz CT molecular complexity index is 480. The van der Waals surface area contributed by atoms with Gasteiger partial charge in [-0.05, 0) is 51.3 Å². The molecule has 0 saturated carbocycles. The maximum atomic E-state index is 11.9. The standard InChI is InChI=1S/C18H30N2O3/c1-18(2,3)23-17(22)20(5)13-6-12-19(4)16-9-7-15(8-10-16)11-14-21/h7-10,21H,6,11-14H2,1-5H3. The van der Waals surface area contributed by atoms with Crippen LogP contribution in [0.4, 0.5) is 10.5 Å². The first kappa shape index (κ1) is 19.3. The van der Waals surface area contributed by atoms with Gasteiger partial charge in [-0.15, -0.1) is 0 Å². The number of benzene rings is 1. The number of carbonyl (C=O) groups excluding carboxylic acids is 1. The molecule has 0 spiro atoms. The van der Waals surface area contributed by atoms with Gasteiger partial charge in [-0.25, -0.2) is 4.79 Å². The molecule has 1 amide bonds. The van der Waals surface area contributed by atoms with Gasteiger partial charge in [0.1, 0.15) is 5.60 Å². The Morgan fingerprint density at radius 3 is 2.26 bits per heavy atom. The Balaban J connectivity index is 2.38. The van der Waals surface area contributed by atoms with Crippen molar-refractivity contribution in [3.05, 3.63) is 29.8 Å². The molecule has 1 rings (SSSR count). The summed E-state index contributed by atoms with van der Waals surface area (Å²) in [7, 11) is 3.80. The molecule has 130 valence electrons. The summed E-state index contributed by atoms with van der Waals surface area (Å²) in [5.41, 5.74) is 1.80. The highest BCUT2D eigenvalue weighted by Gasteiger charge is 2.19. The van der Waals surface area contributed by atoms with Crippen molar-refractivity contribution in [2.24, 2.45) is 0 Å². The molecule has 0 radical (unpaired) electrons. The molecule has 0 heterocycles. The zero-order chi connectivity index (χ0) is 17.5. The number of aliphatic hydroxyl groups excluding tert-OH is 1. The monoisotopic (exact) mass is 322 g/mol. The molecule has 1 N–H and O–H groups in total. The Morgan fingerprint density at radius 1 is 1.13 bits per heavy atom. The van der Waals surface area contributed by atoms with Gasteiger partial charge in [-0.3, -0.25) is 0 Å². The molecule has 0 bridgehead atoms. The first-order valence-electron chi connectivity index (χ1n) is 8.08. The lowest BCUT2D eigenvalue weighted by Crippen LogP contribution is -2.35. The quantitative estimate of drug-likeness (QED) is 0.838. The van der Waals surface area contributed by atoms with E-state index in [1.165, 1.54) is 0 Å². The number of hydrogen-bond donors (Lipinski definition) is 1. The van der Waals surface area contributed by atoms with Crippen LogP contribution in [0.25, 0.3) is 0 Å². The maximum absolute atomic E-state index is 11.9. The van der Waals surface area contributed by atoms with E-state index in [1.54, 1.807) is 11.9 Å². The van der Waals surface area contributed by atoms with Crippen LogP contribution >= 0.6 is 0 Å². The largest absolute Gasteiger partial charge is 0.444 e. The molecule has 0 aliphatic rings. The lowest BCUT2D eigenvalue weighted by Gasteiger charge is -2.25. The summed E-state index contributed by atoms with van der Waals surface area (Å²) >= 11 is 0. The Kier molecular flexibility index (Phi) is 7.36. The number of aliphatic hydroxyl groups is 1. The third-order valence-electron chi connectivity index (χ3n) is 3.47. The maximum Gasteiger partial charge on any atom is 0.410 e. The number of amides is 1. The van der Waals surface area contributed by atoms with Gasteiger partial charge in [0.2, 0.25) is 0 Å².